The Morgan fingerprint density at radius 1 is 1.56 bits per heavy atom. The Morgan fingerprint density at radius 2 is 2.25 bits per heavy atom. The van der Waals surface area contributed by atoms with Crippen molar-refractivity contribution in [3.05, 3.63) is 33.9 Å². The molecule has 0 bridgehead atoms. The molecule has 0 aliphatic rings. The van der Waals surface area contributed by atoms with E-state index in [-0.39, 0.29) is 10.6 Å². The zero-order chi connectivity index (χ0) is 12.1. The van der Waals surface area contributed by atoms with E-state index in [4.69, 9.17) is 0 Å². The maximum Gasteiger partial charge on any atom is 0.269 e. The molecule has 1 unspecified atom stereocenters. The van der Waals surface area contributed by atoms with Gasteiger partial charge in [-0.25, -0.2) is 0 Å². The fourth-order valence-corrected chi connectivity index (χ4v) is 2.06. The lowest BCUT2D eigenvalue weighted by Crippen LogP contribution is -2.18. The topological polar surface area (TPSA) is 55.2 Å². The van der Waals surface area contributed by atoms with Crippen LogP contribution in [-0.4, -0.2) is 23.0 Å². The van der Waals surface area contributed by atoms with Gasteiger partial charge in [0.2, 0.25) is 0 Å². The van der Waals surface area contributed by atoms with E-state index in [9.17, 15) is 10.1 Å². The van der Waals surface area contributed by atoms with Gasteiger partial charge in [-0.3, -0.25) is 10.1 Å². The minimum absolute atomic E-state index is 0.139. The summed E-state index contributed by atoms with van der Waals surface area (Å²) in [4.78, 5) is 10.2. The van der Waals surface area contributed by atoms with Crippen LogP contribution in [0.3, 0.4) is 0 Å². The summed E-state index contributed by atoms with van der Waals surface area (Å²) in [5.41, 5.74) is 2.01. The number of thioether (sulfide) groups is 1. The molecule has 0 aliphatic heterocycles. The van der Waals surface area contributed by atoms with E-state index in [0.717, 1.165) is 17.0 Å². The van der Waals surface area contributed by atoms with Crippen molar-refractivity contribution in [2.24, 2.45) is 0 Å². The average Bonchev–Trinajstić information content (AvgIpc) is 2.21. The van der Waals surface area contributed by atoms with Crippen molar-refractivity contribution >= 4 is 23.1 Å². The molecule has 1 N–H and O–H groups in total. The van der Waals surface area contributed by atoms with Crippen LogP contribution in [0.25, 0.3) is 0 Å². The zero-order valence-electron chi connectivity index (χ0n) is 9.69. The molecule has 0 amide bonds. The molecular formula is C11H16N2O2S. The maximum absolute atomic E-state index is 10.6. The Morgan fingerprint density at radius 3 is 2.75 bits per heavy atom. The zero-order valence-corrected chi connectivity index (χ0v) is 10.5. The quantitative estimate of drug-likeness (QED) is 0.634. The predicted octanol–water partition coefficient (Wildman–Crippen LogP) is 3.07. The van der Waals surface area contributed by atoms with E-state index in [0.29, 0.717) is 6.04 Å². The second-order valence-electron chi connectivity index (χ2n) is 3.76. The Kier molecular flexibility index (Phi) is 4.61. The number of nitro benzene ring substituents is 1. The molecule has 4 nitrogen and oxygen atoms in total. The van der Waals surface area contributed by atoms with Crippen molar-refractivity contribution in [3.8, 4) is 0 Å². The number of nitro groups is 1. The van der Waals surface area contributed by atoms with Crippen LogP contribution in [0.15, 0.2) is 18.2 Å². The molecule has 5 heteroatoms. The second-order valence-corrected chi connectivity index (χ2v) is 4.67. The summed E-state index contributed by atoms with van der Waals surface area (Å²) in [5.74, 6) is 1.01. The van der Waals surface area contributed by atoms with Gasteiger partial charge in [0.25, 0.3) is 5.69 Å². The van der Waals surface area contributed by atoms with Gasteiger partial charge in [0.05, 0.1) is 4.92 Å². The lowest BCUT2D eigenvalue weighted by Gasteiger charge is -2.15. The van der Waals surface area contributed by atoms with Crippen molar-refractivity contribution in [2.45, 2.75) is 19.9 Å². The van der Waals surface area contributed by atoms with Gasteiger partial charge in [-0.2, -0.15) is 11.8 Å². The Hall–Kier alpha value is -1.23. The summed E-state index contributed by atoms with van der Waals surface area (Å²) >= 11 is 1.77. The fourth-order valence-electron chi connectivity index (χ4n) is 1.48. The minimum Gasteiger partial charge on any atom is -0.382 e. The van der Waals surface area contributed by atoms with E-state index in [1.807, 2.05) is 6.92 Å². The number of hydrogen-bond acceptors (Lipinski definition) is 4. The van der Waals surface area contributed by atoms with Crippen LogP contribution in [0.4, 0.5) is 11.4 Å². The molecule has 1 rings (SSSR count). The highest BCUT2D eigenvalue weighted by Crippen LogP contribution is 2.22. The van der Waals surface area contributed by atoms with E-state index in [1.165, 1.54) is 6.07 Å². The number of non-ortho nitro benzene ring substituents is 1. The van der Waals surface area contributed by atoms with Gasteiger partial charge in [0, 0.05) is 29.6 Å². The van der Waals surface area contributed by atoms with E-state index in [1.54, 1.807) is 23.9 Å². The highest BCUT2D eigenvalue weighted by Gasteiger charge is 2.09. The third-order valence-electron chi connectivity index (χ3n) is 2.24. The molecule has 0 aromatic heterocycles. The lowest BCUT2D eigenvalue weighted by atomic mass is 10.1. The first-order valence-corrected chi connectivity index (χ1v) is 6.44. The van der Waals surface area contributed by atoms with Gasteiger partial charge in [-0.05, 0) is 31.7 Å². The Balaban J connectivity index is 2.79. The third kappa shape index (κ3) is 3.41. The molecule has 0 heterocycles. The van der Waals surface area contributed by atoms with Crippen LogP contribution < -0.4 is 5.32 Å². The maximum atomic E-state index is 10.6. The van der Waals surface area contributed by atoms with Gasteiger partial charge in [-0.1, -0.05) is 0 Å². The standard InChI is InChI=1S/C11H16N2O2S/c1-8-6-10(13(14)15)4-5-11(8)12-9(2)7-16-3/h4-6,9,12H,7H2,1-3H3. The number of aryl methyl sites for hydroxylation is 1. The number of hydrogen-bond donors (Lipinski definition) is 1. The normalized spacial score (nSPS) is 12.2. The predicted molar refractivity (Wildman–Crippen MR) is 69.3 cm³/mol. The molecule has 1 atom stereocenters. The second kappa shape index (κ2) is 5.75. The highest BCUT2D eigenvalue weighted by molar-refractivity contribution is 7.98. The largest absolute Gasteiger partial charge is 0.382 e. The number of benzene rings is 1. The molecule has 16 heavy (non-hydrogen) atoms. The lowest BCUT2D eigenvalue weighted by molar-refractivity contribution is -0.384. The van der Waals surface area contributed by atoms with Gasteiger partial charge >= 0.3 is 0 Å². The van der Waals surface area contributed by atoms with Crippen LogP contribution in [0.2, 0.25) is 0 Å². The Bertz CT molecular complexity index is 382. The summed E-state index contributed by atoms with van der Waals surface area (Å²) in [7, 11) is 0. The van der Waals surface area contributed by atoms with Crippen molar-refractivity contribution in [2.75, 3.05) is 17.3 Å². The summed E-state index contributed by atoms with van der Waals surface area (Å²) in [6, 6.07) is 5.25. The summed E-state index contributed by atoms with van der Waals surface area (Å²) < 4.78 is 0. The van der Waals surface area contributed by atoms with Gasteiger partial charge in [0.15, 0.2) is 0 Å². The van der Waals surface area contributed by atoms with Crippen molar-refractivity contribution in [1.82, 2.24) is 0 Å². The first-order valence-electron chi connectivity index (χ1n) is 5.05. The number of rotatable bonds is 5. The molecule has 0 radical (unpaired) electrons. The van der Waals surface area contributed by atoms with Crippen LogP contribution in [0.5, 0.6) is 0 Å². The van der Waals surface area contributed by atoms with Crippen molar-refractivity contribution in [3.63, 3.8) is 0 Å². The summed E-state index contributed by atoms with van der Waals surface area (Å²) in [6.45, 7) is 3.97. The summed E-state index contributed by atoms with van der Waals surface area (Å²) in [6.07, 6.45) is 2.06. The van der Waals surface area contributed by atoms with Crippen LogP contribution in [0, 0.1) is 17.0 Å². The van der Waals surface area contributed by atoms with E-state index < -0.39 is 0 Å². The Labute approximate surface area is 99.6 Å². The molecule has 1 aromatic carbocycles. The highest BCUT2D eigenvalue weighted by atomic mass is 32.2. The number of nitrogens with one attached hydrogen (secondary N) is 1. The molecule has 0 spiro atoms. The van der Waals surface area contributed by atoms with Crippen LogP contribution in [-0.2, 0) is 0 Å². The third-order valence-corrected chi connectivity index (χ3v) is 3.07. The minimum atomic E-state index is -0.373. The monoisotopic (exact) mass is 240 g/mol. The SMILES string of the molecule is CSCC(C)Nc1ccc([N+](=O)[O-])cc1C. The summed E-state index contributed by atoms with van der Waals surface area (Å²) in [5, 5.41) is 13.9. The van der Waals surface area contributed by atoms with E-state index in [2.05, 4.69) is 18.5 Å². The first-order chi connectivity index (χ1) is 7.54. The molecular weight excluding hydrogens is 224 g/mol. The van der Waals surface area contributed by atoms with Crippen molar-refractivity contribution in [1.29, 1.82) is 0 Å². The van der Waals surface area contributed by atoms with E-state index >= 15 is 0 Å². The molecule has 0 saturated heterocycles. The number of anilines is 1. The molecule has 0 fully saturated rings. The fraction of sp³-hybridized carbons (Fsp3) is 0.455. The van der Waals surface area contributed by atoms with Crippen molar-refractivity contribution < 1.29 is 4.92 Å². The molecule has 0 saturated carbocycles. The smallest absolute Gasteiger partial charge is 0.269 e. The molecule has 0 aliphatic carbocycles. The molecule has 1 aromatic rings. The van der Waals surface area contributed by atoms with Crippen LogP contribution in [0.1, 0.15) is 12.5 Å². The number of nitrogens with zero attached hydrogens (tertiary/aromatic N) is 1. The molecule has 88 valence electrons. The first kappa shape index (κ1) is 12.8. The van der Waals surface area contributed by atoms with Gasteiger partial charge in [0.1, 0.15) is 0 Å². The van der Waals surface area contributed by atoms with Gasteiger partial charge < -0.3 is 5.32 Å². The van der Waals surface area contributed by atoms with Crippen LogP contribution >= 0.6 is 11.8 Å². The average molecular weight is 240 g/mol. The van der Waals surface area contributed by atoms with Gasteiger partial charge in [-0.15, -0.1) is 0 Å².